The van der Waals surface area contributed by atoms with Gasteiger partial charge in [-0.15, -0.1) is 11.3 Å². The fourth-order valence-electron chi connectivity index (χ4n) is 5.44. The van der Waals surface area contributed by atoms with Crippen LogP contribution in [0.5, 0.6) is 0 Å². The standard InChI is InChI=1S/C33H37Cl2N5O9S/c1-2-17-48-28(43)13-11-23(26(41)19-49-32(46)29-21(34)7-3-8-22(29)35)37-30(44)25-9-4-16-39-27(42)12-10-24(31(45)40(25)39)38-33(47)36-15-14-20-6-5-18-50-20/h2-3,5-8,18,23-25H,1,4,9-17,19H2,(H,37,44)(H2,36,38,47)/t23-,24-,25-/m0/s1. The van der Waals surface area contributed by atoms with Crippen molar-refractivity contribution >= 4 is 76.0 Å². The number of hydrazine groups is 1. The number of carbonyl (C=O) groups is 7. The van der Waals surface area contributed by atoms with Crippen molar-refractivity contribution in [1.82, 2.24) is 26.0 Å². The summed E-state index contributed by atoms with van der Waals surface area (Å²) in [7, 11) is 0. The van der Waals surface area contributed by atoms with Crippen LogP contribution in [0.3, 0.4) is 0 Å². The van der Waals surface area contributed by atoms with Crippen molar-refractivity contribution in [3.05, 3.63) is 68.9 Å². The summed E-state index contributed by atoms with van der Waals surface area (Å²) >= 11 is 13.7. The smallest absolute Gasteiger partial charge is 0.341 e. The van der Waals surface area contributed by atoms with Crippen molar-refractivity contribution < 1.29 is 43.0 Å². The maximum Gasteiger partial charge on any atom is 0.341 e. The third-order valence-electron chi connectivity index (χ3n) is 7.92. The Morgan fingerprint density at radius 3 is 2.52 bits per heavy atom. The Morgan fingerprint density at radius 1 is 1.06 bits per heavy atom. The number of ketones is 1. The van der Waals surface area contributed by atoms with Crippen molar-refractivity contribution in [3.63, 3.8) is 0 Å². The van der Waals surface area contributed by atoms with E-state index < -0.39 is 66.2 Å². The summed E-state index contributed by atoms with van der Waals surface area (Å²) in [6.07, 6.45) is 1.93. The number of esters is 2. The van der Waals surface area contributed by atoms with Gasteiger partial charge < -0.3 is 25.4 Å². The monoisotopic (exact) mass is 749 g/mol. The van der Waals surface area contributed by atoms with Crippen LogP contribution in [-0.4, -0.2) is 95.9 Å². The maximum absolute atomic E-state index is 13.8. The van der Waals surface area contributed by atoms with Gasteiger partial charge in [-0.3, -0.25) is 29.0 Å². The molecule has 2 aromatic rings. The number of ether oxygens (including phenoxy) is 2. The number of benzene rings is 1. The first-order valence-corrected chi connectivity index (χ1v) is 17.5. The number of fused-ring (bicyclic) bond motifs is 1. The van der Waals surface area contributed by atoms with Crippen LogP contribution in [0.25, 0.3) is 0 Å². The van der Waals surface area contributed by atoms with Gasteiger partial charge in [-0.2, -0.15) is 0 Å². The second-order valence-corrected chi connectivity index (χ2v) is 13.2. The van der Waals surface area contributed by atoms with Gasteiger partial charge in [0.25, 0.3) is 5.91 Å². The first-order chi connectivity index (χ1) is 24.0. The van der Waals surface area contributed by atoms with Gasteiger partial charge in [0, 0.05) is 30.8 Å². The van der Waals surface area contributed by atoms with Gasteiger partial charge in [0.1, 0.15) is 18.7 Å². The molecule has 2 aliphatic rings. The van der Waals surface area contributed by atoms with E-state index in [4.69, 9.17) is 32.7 Å². The number of Topliss-reactive ketones (excluding diaryl/α,β-unsaturated/α-hetero) is 1. The molecule has 3 N–H and O–H groups in total. The molecular weight excluding hydrogens is 713 g/mol. The Balaban J connectivity index is 1.46. The van der Waals surface area contributed by atoms with Crippen LogP contribution in [0.2, 0.25) is 10.0 Å². The second kappa shape index (κ2) is 18.5. The molecule has 1 aromatic carbocycles. The quantitative estimate of drug-likeness (QED) is 0.182. The minimum absolute atomic E-state index is 0.00642. The molecular formula is C33H37Cl2N5O9S. The number of carbonyl (C=O) groups excluding carboxylic acids is 7. The molecule has 14 nitrogen and oxygen atoms in total. The molecule has 2 aliphatic heterocycles. The molecule has 0 aliphatic carbocycles. The number of urea groups is 1. The number of thiophene rings is 1. The Labute approximate surface area is 302 Å². The lowest BCUT2D eigenvalue weighted by atomic mass is 10.0. The minimum Gasteiger partial charge on any atom is -0.461 e. The largest absolute Gasteiger partial charge is 0.461 e. The van der Waals surface area contributed by atoms with Crippen molar-refractivity contribution in [2.75, 3.05) is 26.3 Å². The third kappa shape index (κ3) is 10.3. The van der Waals surface area contributed by atoms with E-state index in [0.717, 1.165) is 9.89 Å². The molecule has 1 aromatic heterocycles. The average Bonchev–Trinajstić information content (AvgIpc) is 3.58. The normalized spacial score (nSPS) is 17.9. The van der Waals surface area contributed by atoms with E-state index in [0.29, 0.717) is 19.4 Å². The van der Waals surface area contributed by atoms with Crippen LogP contribution in [0.15, 0.2) is 48.4 Å². The van der Waals surface area contributed by atoms with Gasteiger partial charge in [0.2, 0.25) is 11.8 Å². The highest BCUT2D eigenvalue weighted by atomic mass is 35.5. The van der Waals surface area contributed by atoms with Crippen molar-refractivity contribution in [2.45, 2.75) is 63.1 Å². The number of hydrogen-bond donors (Lipinski definition) is 3. The fraction of sp³-hybridized carbons (Fsp3) is 0.424. The predicted octanol–water partition coefficient (Wildman–Crippen LogP) is 3.21. The fourth-order valence-corrected chi connectivity index (χ4v) is 6.70. The number of amides is 5. The van der Waals surface area contributed by atoms with Gasteiger partial charge in [0.15, 0.2) is 12.4 Å². The highest BCUT2D eigenvalue weighted by Crippen LogP contribution is 2.26. The lowest BCUT2D eigenvalue weighted by Gasteiger charge is -2.43. The Morgan fingerprint density at radius 2 is 1.82 bits per heavy atom. The van der Waals surface area contributed by atoms with E-state index in [1.165, 1.54) is 29.3 Å². The molecule has 0 saturated carbocycles. The van der Waals surface area contributed by atoms with Crippen LogP contribution >= 0.6 is 34.5 Å². The van der Waals surface area contributed by atoms with Gasteiger partial charge in [-0.25, -0.2) is 14.6 Å². The topological polar surface area (TPSA) is 181 Å². The summed E-state index contributed by atoms with van der Waals surface area (Å²) in [5.74, 6) is -4.26. The van der Waals surface area contributed by atoms with Crippen molar-refractivity contribution in [1.29, 1.82) is 0 Å². The van der Waals surface area contributed by atoms with E-state index in [-0.39, 0.29) is 60.9 Å². The van der Waals surface area contributed by atoms with Crippen LogP contribution in [0.4, 0.5) is 4.79 Å². The third-order valence-corrected chi connectivity index (χ3v) is 9.49. The first kappa shape index (κ1) is 38.3. The molecule has 50 heavy (non-hydrogen) atoms. The van der Waals surface area contributed by atoms with Crippen molar-refractivity contribution in [3.8, 4) is 0 Å². The number of rotatable bonds is 15. The summed E-state index contributed by atoms with van der Waals surface area (Å²) in [6, 6.07) is 3.93. The first-order valence-electron chi connectivity index (χ1n) is 15.9. The maximum atomic E-state index is 13.8. The van der Waals surface area contributed by atoms with Crippen LogP contribution in [0, 0.1) is 0 Å². The number of hydrogen-bond acceptors (Lipinski definition) is 10. The van der Waals surface area contributed by atoms with Gasteiger partial charge in [0.05, 0.1) is 21.7 Å². The Bertz CT molecular complexity index is 1590. The molecule has 4 rings (SSSR count). The molecule has 0 spiro atoms. The molecule has 0 unspecified atom stereocenters. The zero-order valence-electron chi connectivity index (χ0n) is 27.0. The zero-order valence-corrected chi connectivity index (χ0v) is 29.3. The molecule has 2 saturated heterocycles. The van der Waals surface area contributed by atoms with E-state index in [9.17, 15) is 33.6 Å². The molecule has 3 atom stereocenters. The SMILES string of the molecule is C=CCOC(=O)CC[C@H](NC(=O)[C@@H]1CCCN2C(=O)CC[C@H](NC(=O)NCCc3cccs3)C(=O)N12)C(=O)COC(=O)c1c(Cl)cccc1Cl. The van der Waals surface area contributed by atoms with E-state index in [1.54, 1.807) is 11.3 Å². The van der Waals surface area contributed by atoms with Gasteiger partial charge in [-0.05, 0) is 55.7 Å². The van der Waals surface area contributed by atoms with Crippen LogP contribution < -0.4 is 16.0 Å². The zero-order chi connectivity index (χ0) is 36.2. The molecule has 3 heterocycles. The Hall–Kier alpha value is -4.47. The summed E-state index contributed by atoms with van der Waals surface area (Å²) in [4.78, 5) is 92.9. The van der Waals surface area contributed by atoms with E-state index in [1.807, 2.05) is 17.5 Å². The van der Waals surface area contributed by atoms with Crippen molar-refractivity contribution in [2.24, 2.45) is 0 Å². The predicted molar refractivity (Wildman–Crippen MR) is 183 cm³/mol. The molecule has 17 heteroatoms. The number of nitrogens with one attached hydrogen (secondary N) is 3. The van der Waals surface area contributed by atoms with E-state index in [2.05, 4.69) is 22.5 Å². The van der Waals surface area contributed by atoms with Crippen LogP contribution in [-0.2, 0) is 39.9 Å². The molecule has 5 amide bonds. The molecule has 0 radical (unpaired) electrons. The van der Waals surface area contributed by atoms with Gasteiger partial charge >= 0.3 is 18.0 Å². The highest BCUT2D eigenvalue weighted by molar-refractivity contribution is 7.09. The van der Waals surface area contributed by atoms with Crippen LogP contribution in [0.1, 0.15) is 53.8 Å². The minimum atomic E-state index is -1.36. The summed E-state index contributed by atoms with van der Waals surface area (Å²) in [6.45, 7) is 3.10. The lowest BCUT2D eigenvalue weighted by molar-refractivity contribution is -0.176. The average molecular weight is 751 g/mol. The second-order valence-electron chi connectivity index (χ2n) is 11.4. The highest BCUT2D eigenvalue weighted by Gasteiger charge is 2.45. The Kier molecular flexibility index (Phi) is 14.2. The van der Waals surface area contributed by atoms with Gasteiger partial charge in [-0.1, -0.05) is 48.0 Å². The molecule has 2 fully saturated rings. The summed E-state index contributed by atoms with van der Waals surface area (Å²) in [5.41, 5.74) is -0.150. The lowest BCUT2D eigenvalue weighted by Crippen LogP contribution is -2.64. The number of nitrogens with zero attached hydrogens (tertiary/aromatic N) is 2. The van der Waals surface area contributed by atoms with E-state index >= 15 is 0 Å². The summed E-state index contributed by atoms with van der Waals surface area (Å²) < 4.78 is 10.2. The summed E-state index contributed by atoms with van der Waals surface area (Å²) in [5, 5.41) is 12.1. The number of halogens is 2. The molecule has 268 valence electrons. The molecule has 0 bridgehead atoms.